The maximum atomic E-state index is 5.71. The summed E-state index contributed by atoms with van der Waals surface area (Å²) in [6.45, 7) is 12.1. The van der Waals surface area contributed by atoms with Crippen molar-refractivity contribution in [2.45, 2.75) is 45.4 Å². The summed E-state index contributed by atoms with van der Waals surface area (Å²) in [4.78, 5) is 21.6. The fourth-order valence-corrected chi connectivity index (χ4v) is 4.33. The molecule has 3 saturated heterocycles. The second kappa shape index (κ2) is 10.5. The summed E-state index contributed by atoms with van der Waals surface area (Å²) in [6, 6.07) is 0. The van der Waals surface area contributed by atoms with E-state index in [1.165, 1.54) is 19.3 Å². The average Bonchev–Trinajstić information content (AvgIpc) is 2.80. The van der Waals surface area contributed by atoms with Crippen molar-refractivity contribution in [3.8, 4) is 0 Å². The Balaban J connectivity index is 1.68. The highest BCUT2D eigenvalue weighted by Crippen LogP contribution is 2.25. The van der Waals surface area contributed by atoms with Crippen LogP contribution in [0.25, 0.3) is 0 Å². The second-order valence-electron chi connectivity index (χ2n) is 7.97. The Morgan fingerprint density at radius 2 is 1.23 bits per heavy atom. The number of nitrogens with zero attached hydrogens (tertiary/aromatic N) is 6. The first-order valence-corrected chi connectivity index (χ1v) is 11.5. The van der Waals surface area contributed by atoms with Crippen molar-refractivity contribution in [3.05, 3.63) is 0 Å². The number of aromatic nitrogens is 3. The second-order valence-corrected chi connectivity index (χ2v) is 7.97. The molecule has 2 N–H and O–H groups in total. The third kappa shape index (κ3) is 4.93. The Kier molecular flexibility index (Phi) is 7.53. The number of ether oxygens (including phenoxy) is 2. The molecule has 10 nitrogen and oxygen atoms in total. The van der Waals surface area contributed by atoms with Crippen molar-refractivity contribution in [1.29, 1.82) is 0 Å². The van der Waals surface area contributed by atoms with E-state index in [1.807, 2.05) is 0 Å². The molecular formula is C20H36N8O2. The molecule has 4 heterocycles. The number of rotatable bonds is 7. The summed E-state index contributed by atoms with van der Waals surface area (Å²) in [7, 11) is 0. The zero-order valence-corrected chi connectivity index (χ0v) is 18.3. The zero-order chi connectivity index (χ0) is 20.8. The molecule has 0 saturated carbocycles. The van der Waals surface area contributed by atoms with Gasteiger partial charge in [-0.25, -0.2) is 0 Å². The van der Waals surface area contributed by atoms with Crippen LogP contribution in [0.5, 0.6) is 0 Å². The van der Waals surface area contributed by atoms with E-state index in [0.29, 0.717) is 26.4 Å². The predicted octanol–water partition coefficient (Wildman–Crippen LogP) is 0.406. The molecule has 1 aromatic heterocycles. The summed E-state index contributed by atoms with van der Waals surface area (Å²) in [5.41, 5.74) is 0. The van der Waals surface area contributed by atoms with Crippen molar-refractivity contribution in [2.24, 2.45) is 0 Å². The average molecular weight is 421 g/mol. The van der Waals surface area contributed by atoms with Gasteiger partial charge in [0, 0.05) is 26.2 Å². The minimum atomic E-state index is 0.0717. The number of anilines is 3. The first-order valence-electron chi connectivity index (χ1n) is 11.5. The first kappa shape index (κ1) is 21.5. The number of piperidine rings is 1. The summed E-state index contributed by atoms with van der Waals surface area (Å²) in [6.07, 6.45) is 3.79. The number of hydrogen-bond donors (Lipinski definition) is 2. The highest BCUT2D eigenvalue weighted by atomic mass is 16.5. The number of morpholine rings is 2. The van der Waals surface area contributed by atoms with E-state index >= 15 is 0 Å². The topological polar surface area (TPSA) is 90.9 Å². The molecule has 30 heavy (non-hydrogen) atoms. The van der Waals surface area contributed by atoms with E-state index in [4.69, 9.17) is 24.4 Å². The molecule has 0 aromatic carbocycles. The summed E-state index contributed by atoms with van der Waals surface area (Å²) in [5, 5.41) is 7.00. The van der Waals surface area contributed by atoms with Gasteiger partial charge in [-0.1, -0.05) is 13.8 Å². The molecule has 10 heteroatoms. The van der Waals surface area contributed by atoms with E-state index in [0.717, 1.165) is 57.1 Å². The third-order valence-corrected chi connectivity index (χ3v) is 5.89. The van der Waals surface area contributed by atoms with Gasteiger partial charge in [-0.2, -0.15) is 15.0 Å². The Morgan fingerprint density at radius 3 is 1.73 bits per heavy atom. The lowest BCUT2D eigenvalue weighted by atomic mass is 10.1. The highest BCUT2D eigenvalue weighted by Gasteiger charge is 2.30. The van der Waals surface area contributed by atoms with Crippen LogP contribution >= 0.6 is 0 Å². The van der Waals surface area contributed by atoms with Crippen molar-refractivity contribution in [1.82, 2.24) is 25.6 Å². The molecule has 2 unspecified atom stereocenters. The van der Waals surface area contributed by atoms with Crippen LogP contribution in [0.2, 0.25) is 0 Å². The predicted molar refractivity (Wildman–Crippen MR) is 117 cm³/mol. The largest absolute Gasteiger partial charge is 0.376 e. The fourth-order valence-electron chi connectivity index (χ4n) is 4.33. The standard InChI is InChI=1S/C20H36N8O2/c1-3-21-16-14-29-12-10-27(16)19-23-18(26-8-6-5-7-9-26)24-20(25-19)28-11-13-30-15-17(28)22-4-2/h16-17,21-22H,3-15H2,1-2H3. The van der Waals surface area contributed by atoms with Crippen molar-refractivity contribution < 1.29 is 9.47 Å². The summed E-state index contributed by atoms with van der Waals surface area (Å²) >= 11 is 0. The van der Waals surface area contributed by atoms with Gasteiger partial charge in [0.05, 0.1) is 26.4 Å². The molecule has 0 aliphatic carbocycles. The Labute approximate surface area is 179 Å². The molecule has 168 valence electrons. The van der Waals surface area contributed by atoms with Crippen molar-refractivity contribution >= 4 is 17.8 Å². The molecular weight excluding hydrogens is 384 g/mol. The first-order chi connectivity index (χ1) is 14.8. The van der Waals surface area contributed by atoms with Gasteiger partial charge in [0.15, 0.2) is 0 Å². The van der Waals surface area contributed by atoms with Gasteiger partial charge >= 0.3 is 0 Å². The van der Waals surface area contributed by atoms with Crippen LogP contribution in [0.3, 0.4) is 0 Å². The molecule has 4 rings (SSSR count). The molecule has 0 radical (unpaired) electrons. The Hall–Kier alpha value is -1.75. The minimum Gasteiger partial charge on any atom is -0.376 e. The van der Waals surface area contributed by atoms with E-state index in [-0.39, 0.29) is 12.3 Å². The Bertz CT molecular complexity index is 624. The molecule has 1 aromatic rings. The van der Waals surface area contributed by atoms with E-state index < -0.39 is 0 Å². The van der Waals surface area contributed by atoms with Crippen molar-refractivity contribution in [3.63, 3.8) is 0 Å². The maximum absolute atomic E-state index is 5.71. The SMILES string of the molecule is CCNC1COCCN1c1nc(N2CCCCC2)nc(N2CCOCC2NCC)n1. The monoisotopic (exact) mass is 420 g/mol. The van der Waals surface area contributed by atoms with Crippen LogP contribution in [-0.2, 0) is 9.47 Å². The van der Waals surface area contributed by atoms with Gasteiger partial charge in [0.1, 0.15) is 12.3 Å². The van der Waals surface area contributed by atoms with Gasteiger partial charge < -0.3 is 24.2 Å². The molecule has 0 spiro atoms. The normalized spacial score (nSPS) is 25.6. The summed E-state index contributed by atoms with van der Waals surface area (Å²) < 4.78 is 11.4. The van der Waals surface area contributed by atoms with Gasteiger partial charge in [0.25, 0.3) is 0 Å². The number of nitrogens with one attached hydrogen (secondary N) is 2. The maximum Gasteiger partial charge on any atom is 0.233 e. The van der Waals surface area contributed by atoms with E-state index in [9.17, 15) is 0 Å². The van der Waals surface area contributed by atoms with E-state index in [1.54, 1.807) is 0 Å². The molecule has 3 fully saturated rings. The lowest BCUT2D eigenvalue weighted by molar-refractivity contribution is 0.0824. The third-order valence-electron chi connectivity index (χ3n) is 5.89. The lowest BCUT2D eigenvalue weighted by Crippen LogP contribution is -2.55. The molecule has 3 aliphatic heterocycles. The van der Waals surface area contributed by atoms with Gasteiger partial charge in [0.2, 0.25) is 17.8 Å². The number of hydrogen-bond acceptors (Lipinski definition) is 10. The minimum absolute atomic E-state index is 0.0717. The van der Waals surface area contributed by atoms with Crippen LogP contribution in [0, 0.1) is 0 Å². The molecule has 3 aliphatic rings. The lowest BCUT2D eigenvalue weighted by Gasteiger charge is -2.39. The van der Waals surface area contributed by atoms with Gasteiger partial charge in [-0.05, 0) is 32.4 Å². The van der Waals surface area contributed by atoms with E-state index in [2.05, 4.69) is 39.2 Å². The molecule has 0 bridgehead atoms. The van der Waals surface area contributed by atoms with Gasteiger partial charge in [-0.15, -0.1) is 0 Å². The van der Waals surface area contributed by atoms with Crippen LogP contribution in [0.15, 0.2) is 0 Å². The molecule has 2 atom stereocenters. The van der Waals surface area contributed by atoms with Crippen LogP contribution in [-0.4, -0.2) is 93.0 Å². The van der Waals surface area contributed by atoms with Gasteiger partial charge in [-0.3, -0.25) is 10.6 Å². The summed E-state index contributed by atoms with van der Waals surface area (Å²) in [5.74, 6) is 2.26. The van der Waals surface area contributed by atoms with Crippen LogP contribution in [0.4, 0.5) is 17.8 Å². The quantitative estimate of drug-likeness (QED) is 0.646. The van der Waals surface area contributed by atoms with Crippen LogP contribution < -0.4 is 25.3 Å². The Morgan fingerprint density at radius 1 is 0.733 bits per heavy atom. The number of likely N-dealkylation sites (N-methyl/N-ethyl adjacent to an activating group) is 2. The van der Waals surface area contributed by atoms with Crippen LogP contribution in [0.1, 0.15) is 33.1 Å². The molecule has 0 amide bonds. The zero-order valence-electron chi connectivity index (χ0n) is 18.3. The fraction of sp³-hybridized carbons (Fsp3) is 0.850. The van der Waals surface area contributed by atoms with Crippen molar-refractivity contribution in [2.75, 3.05) is 80.4 Å². The smallest absolute Gasteiger partial charge is 0.233 e. The highest BCUT2D eigenvalue weighted by molar-refractivity contribution is 5.48.